The topological polar surface area (TPSA) is 96.0 Å². The third kappa shape index (κ3) is 2.77. The molecular weight excluding hydrogens is 264 g/mol. The van der Waals surface area contributed by atoms with Gasteiger partial charge in [-0.15, -0.1) is 5.10 Å². The summed E-state index contributed by atoms with van der Waals surface area (Å²) in [6.45, 7) is 1.15. The molecule has 20 heavy (non-hydrogen) atoms. The van der Waals surface area contributed by atoms with Gasteiger partial charge in [-0.1, -0.05) is 0 Å². The summed E-state index contributed by atoms with van der Waals surface area (Å²) in [5.41, 5.74) is -0.349. The molecule has 0 saturated heterocycles. The summed E-state index contributed by atoms with van der Waals surface area (Å²) in [6, 6.07) is 0. The second-order valence-corrected chi connectivity index (χ2v) is 4.23. The van der Waals surface area contributed by atoms with Crippen molar-refractivity contribution in [3.63, 3.8) is 0 Å². The Hall–Kier alpha value is -2.42. The van der Waals surface area contributed by atoms with Gasteiger partial charge in [-0.2, -0.15) is 5.10 Å². The zero-order chi connectivity index (χ0) is 14.7. The third-order valence-corrected chi connectivity index (χ3v) is 2.74. The number of aryl methyl sites for hydroxylation is 1. The van der Waals surface area contributed by atoms with Crippen molar-refractivity contribution in [3.8, 4) is 0 Å². The van der Waals surface area contributed by atoms with E-state index in [1.165, 1.54) is 14.1 Å². The molecule has 0 aromatic carbocycles. The Morgan fingerprint density at radius 1 is 1.35 bits per heavy atom. The maximum atomic E-state index is 11.9. The lowest BCUT2D eigenvalue weighted by molar-refractivity contribution is 0.183. The van der Waals surface area contributed by atoms with Crippen molar-refractivity contribution in [3.05, 3.63) is 33.2 Å². The van der Waals surface area contributed by atoms with Gasteiger partial charge in [0.25, 0.3) is 5.56 Å². The molecule has 0 bridgehead atoms. The molecule has 9 nitrogen and oxygen atoms in total. The maximum absolute atomic E-state index is 11.9. The predicted octanol–water partition coefficient (Wildman–Crippen LogP) is -0.934. The van der Waals surface area contributed by atoms with E-state index in [0.717, 1.165) is 9.25 Å². The van der Waals surface area contributed by atoms with Crippen LogP contribution in [0.4, 0.5) is 11.5 Å². The SMILES string of the molecule is COCCn1cc(Nc2nn(C)c(=O)n(C)c2=O)cn1. The quantitative estimate of drug-likeness (QED) is 0.760. The minimum Gasteiger partial charge on any atom is -0.383 e. The van der Waals surface area contributed by atoms with Crippen LogP contribution in [-0.2, 0) is 25.4 Å². The molecule has 0 aliphatic rings. The second kappa shape index (κ2) is 5.70. The van der Waals surface area contributed by atoms with Crippen molar-refractivity contribution < 1.29 is 4.74 Å². The number of methoxy groups -OCH3 is 1. The molecule has 2 aromatic rings. The normalized spacial score (nSPS) is 10.8. The summed E-state index contributed by atoms with van der Waals surface area (Å²) < 4.78 is 8.72. The van der Waals surface area contributed by atoms with Crippen LogP contribution in [0.3, 0.4) is 0 Å². The second-order valence-electron chi connectivity index (χ2n) is 4.23. The molecule has 108 valence electrons. The minimum atomic E-state index is -0.488. The number of ether oxygens (including phenoxy) is 1. The van der Waals surface area contributed by atoms with E-state index in [1.807, 2.05) is 0 Å². The summed E-state index contributed by atoms with van der Waals surface area (Å²) >= 11 is 0. The molecule has 0 fully saturated rings. The van der Waals surface area contributed by atoms with E-state index in [4.69, 9.17) is 4.74 Å². The van der Waals surface area contributed by atoms with Gasteiger partial charge in [0.1, 0.15) is 0 Å². The Morgan fingerprint density at radius 2 is 2.10 bits per heavy atom. The van der Waals surface area contributed by atoms with Crippen molar-refractivity contribution in [2.24, 2.45) is 14.1 Å². The highest BCUT2D eigenvalue weighted by Crippen LogP contribution is 2.08. The Kier molecular flexibility index (Phi) is 3.99. The lowest BCUT2D eigenvalue weighted by atomic mass is 10.5. The smallest absolute Gasteiger partial charge is 0.346 e. The van der Waals surface area contributed by atoms with Crippen molar-refractivity contribution in [2.75, 3.05) is 19.0 Å². The number of anilines is 2. The average molecular weight is 280 g/mol. The molecule has 2 rings (SSSR count). The third-order valence-electron chi connectivity index (χ3n) is 2.74. The highest BCUT2D eigenvalue weighted by molar-refractivity contribution is 5.52. The van der Waals surface area contributed by atoms with E-state index in [1.54, 1.807) is 24.2 Å². The van der Waals surface area contributed by atoms with Crippen molar-refractivity contribution in [2.45, 2.75) is 6.54 Å². The molecule has 2 aromatic heterocycles. The molecular formula is C11H16N6O3. The van der Waals surface area contributed by atoms with Gasteiger partial charge >= 0.3 is 5.69 Å². The number of hydrogen-bond donors (Lipinski definition) is 1. The van der Waals surface area contributed by atoms with Gasteiger partial charge < -0.3 is 10.1 Å². The summed E-state index contributed by atoms with van der Waals surface area (Å²) in [4.78, 5) is 23.4. The lowest BCUT2D eigenvalue weighted by Crippen LogP contribution is -2.39. The van der Waals surface area contributed by atoms with Gasteiger partial charge in [0, 0.05) is 27.4 Å². The average Bonchev–Trinajstić information content (AvgIpc) is 2.87. The number of hydrogen-bond acceptors (Lipinski definition) is 6. The van der Waals surface area contributed by atoms with Crippen LogP contribution in [0.1, 0.15) is 0 Å². The first-order valence-electron chi connectivity index (χ1n) is 5.95. The highest BCUT2D eigenvalue weighted by Gasteiger charge is 2.09. The fraction of sp³-hybridized carbons (Fsp3) is 0.455. The first-order chi connectivity index (χ1) is 9.52. The largest absolute Gasteiger partial charge is 0.383 e. The molecule has 1 N–H and O–H groups in total. The molecule has 0 radical (unpaired) electrons. The summed E-state index contributed by atoms with van der Waals surface area (Å²) in [6.07, 6.45) is 3.30. The maximum Gasteiger partial charge on any atom is 0.346 e. The zero-order valence-corrected chi connectivity index (χ0v) is 11.5. The van der Waals surface area contributed by atoms with Crippen LogP contribution >= 0.6 is 0 Å². The zero-order valence-electron chi connectivity index (χ0n) is 11.5. The molecule has 0 saturated carbocycles. The van der Waals surface area contributed by atoms with E-state index in [2.05, 4.69) is 15.5 Å². The lowest BCUT2D eigenvalue weighted by Gasteiger charge is -2.06. The number of rotatable bonds is 5. The van der Waals surface area contributed by atoms with Crippen LogP contribution in [0.2, 0.25) is 0 Å². The molecule has 0 spiro atoms. The summed E-state index contributed by atoms with van der Waals surface area (Å²) in [5.74, 6) is 0.0703. The highest BCUT2D eigenvalue weighted by atomic mass is 16.5. The van der Waals surface area contributed by atoms with Gasteiger partial charge in [0.05, 0.1) is 25.0 Å². The Balaban J connectivity index is 2.24. The standard InChI is InChI=1S/C11H16N6O3/c1-15-10(18)9(14-16(2)11(15)19)13-8-6-12-17(7-8)4-5-20-3/h6-7H,4-5H2,1-3H3,(H,13,14). The van der Waals surface area contributed by atoms with Gasteiger partial charge in [0.2, 0.25) is 5.82 Å². The van der Waals surface area contributed by atoms with Crippen LogP contribution in [0.5, 0.6) is 0 Å². The van der Waals surface area contributed by atoms with Crippen molar-refractivity contribution in [1.29, 1.82) is 0 Å². The molecule has 0 aliphatic heterocycles. The van der Waals surface area contributed by atoms with Gasteiger partial charge in [-0.05, 0) is 0 Å². The molecule has 0 amide bonds. The van der Waals surface area contributed by atoms with Gasteiger partial charge in [-0.25, -0.2) is 9.48 Å². The molecule has 0 unspecified atom stereocenters. The number of nitrogens with one attached hydrogen (secondary N) is 1. The van der Waals surface area contributed by atoms with Gasteiger partial charge in [-0.3, -0.25) is 14.0 Å². The fourth-order valence-corrected chi connectivity index (χ4v) is 1.65. The molecule has 0 aliphatic carbocycles. The number of aromatic nitrogens is 5. The molecule has 9 heteroatoms. The minimum absolute atomic E-state index is 0.0703. The first-order valence-corrected chi connectivity index (χ1v) is 5.95. The predicted molar refractivity (Wildman–Crippen MR) is 72.1 cm³/mol. The van der Waals surface area contributed by atoms with Crippen molar-refractivity contribution >= 4 is 11.5 Å². The first kappa shape index (κ1) is 14.0. The molecule has 2 heterocycles. The van der Waals surface area contributed by atoms with Crippen molar-refractivity contribution in [1.82, 2.24) is 24.1 Å². The van der Waals surface area contributed by atoms with E-state index in [9.17, 15) is 9.59 Å². The van der Waals surface area contributed by atoms with Crippen LogP contribution in [0.25, 0.3) is 0 Å². The Labute approximate surface area is 114 Å². The molecule has 0 atom stereocenters. The van der Waals surface area contributed by atoms with E-state index in [-0.39, 0.29) is 5.82 Å². The van der Waals surface area contributed by atoms with E-state index < -0.39 is 11.2 Å². The monoisotopic (exact) mass is 280 g/mol. The summed E-state index contributed by atoms with van der Waals surface area (Å²) in [5, 5.41) is 10.9. The van der Waals surface area contributed by atoms with Crippen LogP contribution in [0.15, 0.2) is 22.0 Å². The van der Waals surface area contributed by atoms with Crippen LogP contribution in [-0.4, -0.2) is 37.8 Å². The van der Waals surface area contributed by atoms with Crippen LogP contribution in [0, 0.1) is 0 Å². The van der Waals surface area contributed by atoms with E-state index in [0.29, 0.717) is 18.8 Å². The Morgan fingerprint density at radius 3 is 2.80 bits per heavy atom. The van der Waals surface area contributed by atoms with E-state index >= 15 is 0 Å². The fourth-order valence-electron chi connectivity index (χ4n) is 1.65. The van der Waals surface area contributed by atoms with Gasteiger partial charge in [0.15, 0.2) is 0 Å². The van der Waals surface area contributed by atoms with Crippen LogP contribution < -0.4 is 16.6 Å². The Bertz CT molecular complexity index is 714. The number of nitrogens with zero attached hydrogens (tertiary/aromatic N) is 5. The summed E-state index contributed by atoms with van der Waals surface area (Å²) in [7, 11) is 4.50.